The molecule has 1 saturated heterocycles. The molecule has 20 heavy (non-hydrogen) atoms. The maximum absolute atomic E-state index is 11.7. The van der Waals surface area contributed by atoms with Gasteiger partial charge in [0.05, 0.1) is 4.24 Å². The molecule has 1 fully saturated rings. The van der Waals surface area contributed by atoms with Crippen molar-refractivity contribution in [3.63, 3.8) is 0 Å². The topological polar surface area (TPSA) is 38.3 Å². The van der Waals surface area contributed by atoms with Gasteiger partial charge in [-0.1, -0.05) is 50.4 Å². The molecular weight excluding hydrogens is 310 g/mol. The van der Waals surface area contributed by atoms with Crippen LogP contribution in [0.4, 0.5) is 0 Å². The minimum absolute atomic E-state index is 0.110. The molecule has 2 aliphatic heterocycles. The van der Waals surface area contributed by atoms with Crippen molar-refractivity contribution in [3.8, 4) is 0 Å². The van der Waals surface area contributed by atoms with Crippen LogP contribution in [0.3, 0.4) is 0 Å². The summed E-state index contributed by atoms with van der Waals surface area (Å²) in [4.78, 5) is 14.1. The monoisotopic (exact) mass is 323 g/mol. The first-order valence-corrected chi connectivity index (χ1v) is 8.16. The Morgan fingerprint density at radius 1 is 1.20 bits per heavy atom. The normalized spacial score (nSPS) is 21.8. The number of ether oxygens (including phenoxy) is 1. The van der Waals surface area contributed by atoms with Crippen LogP contribution in [0.15, 0.2) is 38.0 Å². The fourth-order valence-corrected chi connectivity index (χ4v) is 4.54. The second kappa shape index (κ2) is 4.79. The van der Waals surface area contributed by atoms with Gasteiger partial charge in [-0.15, -0.1) is 0 Å². The Hall–Kier alpha value is -0.980. The van der Waals surface area contributed by atoms with E-state index < -0.39 is 0 Å². The Morgan fingerprint density at radius 3 is 2.50 bits per heavy atom. The van der Waals surface area contributed by atoms with Gasteiger partial charge in [-0.05, 0) is 35.3 Å². The van der Waals surface area contributed by atoms with E-state index in [2.05, 4.69) is 44.3 Å². The van der Waals surface area contributed by atoms with Crippen LogP contribution in [0.5, 0.6) is 0 Å². The number of hydrogen-bond donors (Lipinski definition) is 1. The first-order chi connectivity index (χ1) is 9.34. The van der Waals surface area contributed by atoms with Crippen molar-refractivity contribution < 1.29 is 9.53 Å². The molecule has 0 aliphatic carbocycles. The number of rotatable bonds is 0. The molecule has 104 valence electrons. The highest BCUT2D eigenvalue weighted by Gasteiger charge is 2.32. The first kappa shape index (κ1) is 14.0. The van der Waals surface area contributed by atoms with Crippen LogP contribution in [-0.2, 0) is 14.9 Å². The van der Waals surface area contributed by atoms with Crippen LogP contribution >= 0.6 is 35.7 Å². The summed E-state index contributed by atoms with van der Waals surface area (Å²) in [6.07, 6.45) is 0. The highest BCUT2D eigenvalue weighted by molar-refractivity contribution is 8.24. The lowest BCUT2D eigenvalue weighted by molar-refractivity contribution is -0.116. The molecule has 1 aromatic carbocycles. The summed E-state index contributed by atoms with van der Waals surface area (Å²) >= 11 is 7.98. The van der Waals surface area contributed by atoms with Crippen molar-refractivity contribution in [1.82, 2.24) is 5.32 Å². The van der Waals surface area contributed by atoms with Crippen molar-refractivity contribution in [1.29, 1.82) is 0 Å². The van der Waals surface area contributed by atoms with Gasteiger partial charge in [0.1, 0.15) is 0 Å². The number of benzene rings is 1. The van der Waals surface area contributed by atoms with Crippen molar-refractivity contribution in [2.75, 3.05) is 0 Å². The average Bonchev–Trinajstić information content (AvgIpc) is 2.89. The number of carbonyl (C=O) groups is 1. The van der Waals surface area contributed by atoms with Gasteiger partial charge in [0.25, 0.3) is 11.1 Å². The quantitative estimate of drug-likeness (QED) is 0.581. The molecule has 1 aromatic rings. The van der Waals surface area contributed by atoms with Crippen molar-refractivity contribution in [2.24, 2.45) is 0 Å². The third-order valence-electron chi connectivity index (χ3n) is 3.02. The van der Waals surface area contributed by atoms with Gasteiger partial charge in [-0.2, -0.15) is 0 Å². The lowest BCUT2D eigenvalue weighted by atomic mass is 9.87. The fraction of sp³-hybridized carbons (Fsp3) is 0.286. The Morgan fingerprint density at radius 2 is 1.90 bits per heavy atom. The minimum atomic E-state index is -0.256. The molecule has 2 aliphatic rings. The summed E-state index contributed by atoms with van der Waals surface area (Å²) in [7, 11) is 0. The summed E-state index contributed by atoms with van der Waals surface area (Å²) < 4.78 is 6.15. The summed E-state index contributed by atoms with van der Waals surface area (Å²) in [5.74, 6) is 0.0624. The van der Waals surface area contributed by atoms with E-state index in [1.54, 1.807) is 23.5 Å². The molecular formula is C14H13NO2S3. The predicted octanol–water partition coefficient (Wildman–Crippen LogP) is 3.78. The Bertz CT molecular complexity index is 659. The van der Waals surface area contributed by atoms with Gasteiger partial charge < -0.3 is 4.74 Å². The second-order valence-corrected chi connectivity index (χ2v) is 8.31. The third kappa shape index (κ3) is 2.47. The molecule has 0 radical (unpaired) electrons. The van der Waals surface area contributed by atoms with Gasteiger partial charge >= 0.3 is 0 Å². The van der Waals surface area contributed by atoms with Crippen LogP contribution in [0.2, 0.25) is 0 Å². The Labute approximate surface area is 131 Å². The first-order valence-electron chi connectivity index (χ1n) is 6.12. The highest BCUT2D eigenvalue weighted by atomic mass is 32.2. The lowest BCUT2D eigenvalue weighted by Gasteiger charge is -2.19. The van der Waals surface area contributed by atoms with E-state index in [1.165, 1.54) is 10.5 Å². The Balaban J connectivity index is 1.95. The maximum atomic E-state index is 11.7. The average molecular weight is 323 g/mol. The maximum Gasteiger partial charge on any atom is 0.296 e. The summed E-state index contributed by atoms with van der Waals surface area (Å²) in [5.41, 5.74) is 1.39. The van der Waals surface area contributed by atoms with Crippen molar-refractivity contribution in [3.05, 3.63) is 33.8 Å². The molecule has 6 heteroatoms. The molecule has 0 bridgehead atoms. The van der Waals surface area contributed by atoms with Gasteiger partial charge in [0, 0.05) is 9.79 Å². The number of fused-ring (bicyclic) bond motifs is 1. The molecule has 0 aromatic heterocycles. The van der Waals surface area contributed by atoms with Crippen LogP contribution in [0.1, 0.15) is 26.3 Å². The number of nitrogens with one attached hydrogen (secondary N) is 1. The zero-order valence-corrected chi connectivity index (χ0v) is 13.7. The van der Waals surface area contributed by atoms with Crippen molar-refractivity contribution >= 4 is 46.8 Å². The molecule has 0 saturated carbocycles. The molecule has 3 rings (SSSR count). The molecule has 3 nitrogen and oxygen atoms in total. The van der Waals surface area contributed by atoms with Gasteiger partial charge in [-0.25, -0.2) is 0 Å². The molecule has 2 heterocycles. The number of hydrogen-bond acceptors (Lipinski definition) is 5. The van der Waals surface area contributed by atoms with E-state index in [9.17, 15) is 4.79 Å². The number of thioether (sulfide) groups is 2. The van der Waals surface area contributed by atoms with Crippen molar-refractivity contribution in [2.45, 2.75) is 36.0 Å². The summed E-state index contributed by atoms with van der Waals surface area (Å²) in [5, 5.41) is 2.62. The smallest absolute Gasteiger partial charge is 0.296 e. The van der Waals surface area contributed by atoms with Gasteiger partial charge in [0.2, 0.25) is 5.76 Å². The molecule has 1 amide bonds. The zero-order chi connectivity index (χ0) is 14.5. The van der Waals surface area contributed by atoms with E-state index in [0.717, 1.165) is 9.13 Å². The second-order valence-electron chi connectivity index (χ2n) is 5.58. The third-order valence-corrected chi connectivity index (χ3v) is 5.71. The van der Waals surface area contributed by atoms with Crippen LogP contribution in [0, 0.1) is 0 Å². The van der Waals surface area contributed by atoms with E-state index in [4.69, 9.17) is 17.0 Å². The van der Waals surface area contributed by atoms with E-state index >= 15 is 0 Å². The Kier molecular flexibility index (Phi) is 3.35. The molecule has 0 atom stereocenters. The van der Waals surface area contributed by atoms with Crippen LogP contribution in [-0.4, -0.2) is 11.1 Å². The predicted molar refractivity (Wildman–Crippen MR) is 85.7 cm³/mol. The van der Waals surface area contributed by atoms with E-state index in [0.29, 0.717) is 5.76 Å². The fourth-order valence-electron chi connectivity index (χ4n) is 1.90. The van der Waals surface area contributed by atoms with E-state index in [1.807, 2.05) is 0 Å². The number of amides is 1. The summed E-state index contributed by atoms with van der Waals surface area (Å²) in [6, 6.07) is 6.43. The number of thiocarbonyl (C=S) groups is 1. The molecule has 0 spiro atoms. The highest BCUT2D eigenvalue weighted by Crippen LogP contribution is 2.53. The van der Waals surface area contributed by atoms with Crippen LogP contribution in [0.25, 0.3) is 0 Å². The standard InChI is InChI=1S/C14H13NO2S3/c1-14(2,3)7-4-5-8-9(6-7)20-12(19-8)10-11(16)15-13(18)17-10/h4-6H,1-3H3,(H,15,16,18)/b12-10-. The van der Waals surface area contributed by atoms with Gasteiger partial charge in [-0.3, -0.25) is 10.1 Å². The summed E-state index contributed by atoms with van der Waals surface area (Å²) in [6.45, 7) is 6.56. The SMILES string of the molecule is CC(C)(C)c1ccc2c(c1)S/C(=C1\OC(=S)NC1=O)S2. The lowest BCUT2D eigenvalue weighted by Crippen LogP contribution is -2.18. The number of carbonyl (C=O) groups excluding carboxylic acids is 1. The largest absolute Gasteiger partial charge is 0.424 e. The minimum Gasteiger partial charge on any atom is -0.424 e. The van der Waals surface area contributed by atoms with E-state index in [-0.39, 0.29) is 16.5 Å². The van der Waals surface area contributed by atoms with Gasteiger partial charge in [0.15, 0.2) is 0 Å². The molecule has 0 unspecified atom stereocenters. The van der Waals surface area contributed by atoms with Crippen LogP contribution < -0.4 is 5.32 Å². The zero-order valence-electron chi connectivity index (χ0n) is 11.3. The molecule has 1 N–H and O–H groups in total.